The van der Waals surface area contributed by atoms with Gasteiger partial charge in [-0.1, -0.05) is 13.3 Å². The van der Waals surface area contributed by atoms with E-state index in [2.05, 4.69) is 40.9 Å². The smallest absolute Gasteiger partial charge is 0.224 e. The van der Waals surface area contributed by atoms with E-state index >= 15 is 0 Å². The van der Waals surface area contributed by atoms with E-state index < -0.39 is 0 Å². The van der Waals surface area contributed by atoms with Crippen LogP contribution < -0.4 is 5.32 Å². The molecule has 0 spiro atoms. The molecule has 2 atom stereocenters. The first-order valence-corrected chi connectivity index (χ1v) is 6.44. The fourth-order valence-corrected chi connectivity index (χ4v) is 2.72. The lowest BCUT2D eigenvalue weighted by atomic mass is 9.97. The van der Waals surface area contributed by atoms with Crippen molar-refractivity contribution in [1.82, 2.24) is 14.8 Å². The lowest BCUT2D eigenvalue weighted by Gasteiger charge is -2.16. The fourth-order valence-electron chi connectivity index (χ4n) is 2.72. The zero-order valence-electron chi connectivity index (χ0n) is 10.5. The van der Waals surface area contributed by atoms with Crippen LogP contribution in [-0.4, -0.2) is 21.3 Å². The molecule has 0 amide bonds. The lowest BCUT2D eigenvalue weighted by Crippen LogP contribution is -2.13. The van der Waals surface area contributed by atoms with E-state index in [1.165, 1.54) is 25.1 Å². The van der Waals surface area contributed by atoms with Crippen LogP contribution in [0.1, 0.15) is 51.8 Å². The molecule has 1 fully saturated rings. The van der Waals surface area contributed by atoms with Crippen molar-refractivity contribution in [3.63, 3.8) is 0 Å². The monoisotopic (exact) mass is 222 g/mol. The van der Waals surface area contributed by atoms with Crippen molar-refractivity contribution in [2.24, 2.45) is 5.92 Å². The van der Waals surface area contributed by atoms with Gasteiger partial charge in [-0.05, 0) is 32.6 Å². The Hall–Kier alpha value is -1.06. The number of hydrogen-bond donors (Lipinski definition) is 1. The highest BCUT2D eigenvalue weighted by molar-refractivity contribution is 5.27. The maximum absolute atomic E-state index is 4.39. The highest BCUT2D eigenvalue weighted by Crippen LogP contribution is 2.38. The van der Waals surface area contributed by atoms with Gasteiger partial charge in [0.15, 0.2) is 0 Å². The number of hydrogen-bond acceptors (Lipinski definition) is 3. The topological polar surface area (TPSA) is 42.7 Å². The molecule has 0 aromatic carbocycles. The van der Waals surface area contributed by atoms with Crippen molar-refractivity contribution < 1.29 is 0 Å². The first kappa shape index (κ1) is 11.4. The van der Waals surface area contributed by atoms with Gasteiger partial charge in [-0.25, -0.2) is 0 Å². The van der Waals surface area contributed by atoms with Crippen molar-refractivity contribution in [2.45, 2.75) is 52.5 Å². The van der Waals surface area contributed by atoms with Crippen LogP contribution in [0, 0.1) is 5.92 Å². The van der Waals surface area contributed by atoms with E-state index in [9.17, 15) is 0 Å². The van der Waals surface area contributed by atoms with Crippen molar-refractivity contribution in [3.05, 3.63) is 5.82 Å². The lowest BCUT2D eigenvalue weighted by molar-refractivity contribution is 0.487. The van der Waals surface area contributed by atoms with Crippen LogP contribution in [0.4, 0.5) is 5.95 Å². The molecule has 1 N–H and O–H groups in total. The van der Waals surface area contributed by atoms with Crippen LogP contribution >= 0.6 is 0 Å². The summed E-state index contributed by atoms with van der Waals surface area (Å²) in [6.07, 6.45) is 3.93. The average molecular weight is 222 g/mol. The Kier molecular flexibility index (Phi) is 3.46. The van der Waals surface area contributed by atoms with E-state index in [1.54, 1.807) is 0 Å². The third-order valence-corrected chi connectivity index (χ3v) is 3.62. The molecule has 1 saturated carbocycles. The minimum Gasteiger partial charge on any atom is -0.355 e. The molecule has 16 heavy (non-hydrogen) atoms. The van der Waals surface area contributed by atoms with Crippen LogP contribution in [0.5, 0.6) is 0 Å². The molecule has 0 saturated heterocycles. The molecule has 4 heteroatoms. The first-order chi connectivity index (χ1) is 7.77. The summed E-state index contributed by atoms with van der Waals surface area (Å²) in [7, 11) is 0. The number of rotatable bonds is 4. The molecule has 4 nitrogen and oxygen atoms in total. The van der Waals surface area contributed by atoms with Gasteiger partial charge in [0, 0.05) is 19.0 Å². The predicted molar refractivity (Wildman–Crippen MR) is 65.6 cm³/mol. The molecule has 0 radical (unpaired) electrons. The van der Waals surface area contributed by atoms with E-state index in [4.69, 9.17) is 0 Å². The standard InChI is InChI=1S/C12H22N4/c1-4-13-12-15-14-11(16(12)5-2)10-8-6-7-9(10)3/h9-10H,4-8H2,1-3H3,(H,13,15). The Labute approximate surface area is 97.5 Å². The molecule has 0 bridgehead atoms. The van der Waals surface area contributed by atoms with Crippen LogP contribution in [-0.2, 0) is 6.54 Å². The number of aromatic nitrogens is 3. The largest absolute Gasteiger partial charge is 0.355 e. The van der Waals surface area contributed by atoms with E-state index in [-0.39, 0.29) is 0 Å². The summed E-state index contributed by atoms with van der Waals surface area (Å²) >= 11 is 0. The van der Waals surface area contributed by atoms with Gasteiger partial charge in [0.2, 0.25) is 5.95 Å². The van der Waals surface area contributed by atoms with Gasteiger partial charge in [-0.2, -0.15) is 0 Å². The van der Waals surface area contributed by atoms with Crippen molar-refractivity contribution in [3.8, 4) is 0 Å². The molecule has 2 rings (SSSR count). The molecular weight excluding hydrogens is 200 g/mol. The second-order valence-corrected chi connectivity index (χ2v) is 4.67. The van der Waals surface area contributed by atoms with E-state index in [1.807, 2.05) is 0 Å². The number of nitrogens with one attached hydrogen (secondary N) is 1. The Bertz CT molecular complexity index is 345. The van der Waals surface area contributed by atoms with E-state index in [0.717, 1.165) is 25.0 Å². The molecule has 0 aliphatic heterocycles. The quantitative estimate of drug-likeness (QED) is 0.851. The number of anilines is 1. The van der Waals surface area contributed by atoms with Crippen LogP contribution in [0.2, 0.25) is 0 Å². The fraction of sp³-hybridized carbons (Fsp3) is 0.833. The Morgan fingerprint density at radius 2 is 2.12 bits per heavy atom. The predicted octanol–water partition coefficient (Wildman–Crippen LogP) is 2.63. The van der Waals surface area contributed by atoms with Gasteiger partial charge >= 0.3 is 0 Å². The van der Waals surface area contributed by atoms with Gasteiger partial charge in [0.05, 0.1) is 0 Å². The Morgan fingerprint density at radius 1 is 1.31 bits per heavy atom. The van der Waals surface area contributed by atoms with Crippen LogP contribution in [0.3, 0.4) is 0 Å². The van der Waals surface area contributed by atoms with Gasteiger partial charge < -0.3 is 5.32 Å². The molecule has 2 unspecified atom stereocenters. The molecule has 1 aliphatic carbocycles. The van der Waals surface area contributed by atoms with Crippen molar-refractivity contribution >= 4 is 5.95 Å². The van der Waals surface area contributed by atoms with Gasteiger partial charge in [-0.15, -0.1) is 10.2 Å². The Morgan fingerprint density at radius 3 is 2.69 bits per heavy atom. The van der Waals surface area contributed by atoms with Crippen LogP contribution in [0.15, 0.2) is 0 Å². The summed E-state index contributed by atoms with van der Waals surface area (Å²) in [5.41, 5.74) is 0. The molecule has 1 heterocycles. The van der Waals surface area contributed by atoms with Crippen molar-refractivity contribution in [2.75, 3.05) is 11.9 Å². The zero-order chi connectivity index (χ0) is 11.5. The highest BCUT2D eigenvalue weighted by atomic mass is 15.3. The first-order valence-electron chi connectivity index (χ1n) is 6.44. The Balaban J connectivity index is 2.26. The summed E-state index contributed by atoms with van der Waals surface area (Å²) in [5.74, 6) is 3.48. The maximum Gasteiger partial charge on any atom is 0.224 e. The minimum absolute atomic E-state index is 0.611. The summed E-state index contributed by atoms with van der Waals surface area (Å²) in [6.45, 7) is 8.44. The van der Waals surface area contributed by atoms with Gasteiger partial charge in [-0.3, -0.25) is 4.57 Å². The number of nitrogens with zero attached hydrogens (tertiary/aromatic N) is 3. The molecule has 90 valence electrons. The molecule has 1 aliphatic rings. The minimum atomic E-state index is 0.611. The van der Waals surface area contributed by atoms with E-state index in [0.29, 0.717) is 5.92 Å². The molecule has 1 aromatic rings. The van der Waals surface area contributed by atoms with Crippen molar-refractivity contribution in [1.29, 1.82) is 0 Å². The maximum atomic E-state index is 4.39. The molecule has 1 aromatic heterocycles. The van der Waals surface area contributed by atoms with Crippen LogP contribution in [0.25, 0.3) is 0 Å². The summed E-state index contributed by atoms with van der Waals surface area (Å²) in [6, 6.07) is 0. The van der Waals surface area contributed by atoms with Gasteiger partial charge in [0.1, 0.15) is 5.82 Å². The second-order valence-electron chi connectivity index (χ2n) is 4.67. The summed E-state index contributed by atoms with van der Waals surface area (Å²) in [4.78, 5) is 0. The second kappa shape index (κ2) is 4.85. The summed E-state index contributed by atoms with van der Waals surface area (Å²) in [5, 5.41) is 11.9. The normalized spacial score (nSPS) is 24.9. The third-order valence-electron chi connectivity index (χ3n) is 3.62. The SMILES string of the molecule is CCNc1nnc(C2CCCC2C)n1CC. The zero-order valence-corrected chi connectivity index (χ0v) is 10.5. The average Bonchev–Trinajstić information content (AvgIpc) is 2.84. The third kappa shape index (κ3) is 1.93. The van der Waals surface area contributed by atoms with Gasteiger partial charge in [0.25, 0.3) is 0 Å². The highest BCUT2D eigenvalue weighted by Gasteiger charge is 2.29. The molecular formula is C12H22N4. The summed E-state index contributed by atoms with van der Waals surface area (Å²) < 4.78 is 2.23.